The molecule has 0 aromatic rings. The van der Waals surface area contributed by atoms with Crippen molar-refractivity contribution in [1.82, 2.24) is 25.8 Å². The summed E-state index contributed by atoms with van der Waals surface area (Å²) < 4.78 is 0. The Balaban J connectivity index is 1.88. The van der Waals surface area contributed by atoms with Crippen LogP contribution < -0.4 is 16.0 Å². The fourth-order valence-corrected chi connectivity index (χ4v) is 7.33. The lowest BCUT2D eigenvalue weighted by Gasteiger charge is -2.39. The topological polar surface area (TPSA) is 128 Å². The van der Waals surface area contributed by atoms with Crippen LogP contribution in [0.4, 0.5) is 4.79 Å². The summed E-state index contributed by atoms with van der Waals surface area (Å²) in [5.41, 5.74) is -0.142. The molecule has 0 spiro atoms. The highest BCUT2D eigenvalue weighted by Gasteiger charge is 2.69. The fraction of sp³-hybridized carbons (Fsp3) is 0.727. The molecule has 2 unspecified atom stereocenters. The molecule has 2 saturated carbocycles. The van der Waals surface area contributed by atoms with Gasteiger partial charge in [-0.2, -0.15) is 0 Å². The number of fused-ring (bicyclic) bond motifs is 1. The van der Waals surface area contributed by atoms with E-state index in [1.165, 1.54) is 6.08 Å². The van der Waals surface area contributed by atoms with E-state index in [1.807, 2.05) is 27.7 Å². The summed E-state index contributed by atoms with van der Waals surface area (Å²) in [6, 6.07) is -2.96. The van der Waals surface area contributed by atoms with E-state index in [0.717, 1.165) is 32.1 Å². The van der Waals surface area contributed by atoms with Crippen LogP contribution >= 0.6 is 0 Å². The molecule has 3 aliphatic rings. The number of rotatable bonds is 14. The molecule has 2 aliphatic carbocycles. The number of nitrogens with zero attached hydrogens (tertiary/aromatic N) is 2. The molecule has 3 rings (SSSR count). The molecule has 3 N–H and O–H groups in total. The minimum atomic E-state index is -1.05. The van der Waals surface area contributed by atoms with Crippen LogP contribution in [0.25, 0.3) is 0 Å². The van der Waals surface area contributed by atoms with Gasteiger partial charge >= 0.3 is 6.03 Å². The maximum atomic E-state index is 14.4. The Morgan fingerprint density at radius 1 is 0.953 bits per heavy atom. The standard InChI is InChI=1S/C33H53N5O5/c1-9-11-17-24(28(39)30(41)34-18-10-2)35-29(40)27-25-23(33(25,7)8)19-37(27)31(42)26(22-15-13-12-14-16-22)36-32(43)38(20(3)4)21(5)6/h9-10,20-27H,1-2,11-19H2,3-8H3,(H,34,41)(H,35,40)(H,36,43)/t23?,24?,25-,26-,27-/m0/s1. The van der Waals surface area contributed by atoms with E-state index in [9.17, 15) is 24.0 Å². The Morgan fingerprint density at radius 2 is 1.58 bits per heavy atom. The molecule has 10 heteroatoms. The molecule has 0 radical (unpaired) electrons. The van der Waals surface area contributed by atoms with Crippen molar-refractivity contribution < 1.29 is 24.0 Å². The van der Waals surface area contributed by atoms with Gasteiger partial charge in [0.25, 0.3) is 5.91 Å². The first kappa shape index (κ1) is 34.3. The number of amides is 5. The van der Waals surface area contributed by atoms with E-state index >= 15 is 0 Å². The number of likely N-dealkylation sites (tertiary alicyclic amines) is 1. The molecule has 5 amide bonds. The zero-order chi connectivity index (χ0) is 32.1. The van der Waals surface area contributed by atoms with Crippen LogP contribution in [0.3, 0.4) is 0 Å². The van der Waals surface area contributed by atoms with Crippen LogP contribution in [0.2, 0.25) is 0 Å². The normalized spacial score (nSPS) is 24.0. The van der Waals surface area contributed by atoms with Gasteiger partial charge in [0.15, 0.2) is 0 Å². The number of hydrogen-bond donors (Lipinski definition) is 3. The minimum Gasteiger partial charge on any atom is -0.346 e. The molecule has 5 atom stereocenters. The highest BCUT2D eigenvalue weighted by molar-refractivity contribution is 6.38. The van der Waals surface area contributed by atoms with Gasteiger partial charge in [-0.15, -0.1) is 13.2 Å². The molecule has 0 aromatic heterocycles. The van der Waals surface area contributed by atoms with Crippen molar-refractivity contribution in [2.45, 2.75) is 117 Å². The molecular weight excluding hydrogens is 546 g/mol. The van der Waals surface area contributed by atoms with Gasteiger partial charge in [0.05, 0.1) is 6.04 Å². The van der Waals surface area contributed by atoms with Gasteiger partial charge in [-0.05, 0) is 76.5 Å². The molecule has 240 valence electrons. The zero-order valence-corrected chi connectivity index (χ0v) is 27.0. The van der Waals surface area contributed by atoms with Crippen molar-refractivity contribution in [2.24, 2.45) is 23.2 Å². The summed E-state index contributed by atoms with van der Waals surface area (Å²) in [6.07, 6.45) is 8.50. The van der Waals surface area contributed by atoms with Gasteiger partial charge < -0.3 is 25.8 Å². The lowest BCUT2D eigenvalue weighted by Crippen LogP contribution is -2.61. The Morgan fingerprint density at radius 3 is 2.14 bits per heavy atom. The molecule has 1 heterocycles. The largest absolute Gasteiger partial charge is 0.346 e. The minimum absolute atomic E-state index is 0.0181. The Labute approximate surface area is 257 Å². The lowest BCUT2D eigenvalue weighted by molar-refractivity contribution is -0.144. The second kappa shape index (κ2) is 14.5. The van der Waals surface area contributed by atoms with E-state index in [-0.39, 0.29) is 60.2 Å². The molecule has 1 aliphatic heterocycles. The van der Waals surface area contributed by atoms with Crippen LogP contribution in [0.5, 0.6) is 0 Å². The number of urea groups is 1. The van der Waals surface area contributed by atoms with Crippen molar-refractivity contribution in [3.05, 3.63) is 25.3 Å². The monoisotopic (exact) mass is 599 g/mol. The first-order valence-corrected chi connectivity index (χ1v) is 16.0. The van der Waals surface area contributed by atoms with Crippen LogP contribution in [0.1, 0.15) is 86.5 Å². The SMILES string of the molecule is C=CCCC(NC(=O)[C@@H]1[C@@H]2C(CN1C(=O)[C@@H](NC(=O)N(C(C)C)C(C)C)C1CCCCC1)C2(C)C)C(=O)C(=O)NCC=C. The molecule has 1 saturated heterocycles. The average Bonchev–Trinajstić information content (AvgIpc) is 3.28. The summed E-state index contributed by atoms with van der Waals surface area (Å²) >= 11 is 0. The van der Waals surface area contributed by atoms with Gasteiger partial charge in [0.2, 0.25) is 17.6 Å². The van der Waals surface area contributed by atoms with E-state index in [1.54, 1.807) is 15.9 Å². The summed E-state index contributed by atoms with van der Waals surface area (Å²) in [6.45, 7) is 19.8. The highest BCUT2D eigenvalue weighted by Crippen LogP contribution is 2.65. The van der Waals surface area contributed by atoms with Crippen LogP contribution in [0.15, 0.2) is 25.3 Å². The molecule has 0 aromatic carbocycles. The molecule has 43 heavy (non-hydrogen) atoms. The van der Waals surface area contributed by atoms with Crippen LogP contribution in [0, 0.1) is 23.2 Å². The quantitative estimate of drug-likeness (QED) is 0.208. The number of Topliss-reactive ketones (excluding diaryl/α,β-unsaturated/α-hetero) is 1. The maximum Gasteiger partial charge on any atom is 0.318 e. The van der Waals surface area contributed by atoms with Gasteiger partial charge in [-0.3, -0.25) is 19.2 Å². The number of carbonyl (C=O) groups excluding carboxylic acids is 5. The zero-order valence-electron chi connectivity index (χ0n) is 27.0. The smallest absolute Gasteiger partial charge is 0.318 e. The lowest BCUT2D eigenvalue weighted by atomic mass is 9.83. The third-order valence-electron chi connectivity index (χ3n) is 9.70. The summed E-state index contributed by atoms with van der Waals surface area (Å²) in [5.74, 6) is -2.18. The van der Waals surface area contributed by atoms with Crippen LogP contribution in [-0.2, 0) is 19.2 Å². The van der Waals surface area contributed by atoms with Crippen molar-refractivity contribution in [3.63, 3.8) is 0 Å². The van der Waals surface area contributed by atoms with Crippen molar-refractivity contribution >= 4 is 29.5 Å². The average molecular weight is 600 g/mol. The van der Waals surface area contributed by atoms with Crippen molar-refractivity contribution in [1.29, 1.82) is 0 Å². The van der Waals surface area contributed by atoms with Gasteiger partial charge in [-0.1, -0.05) is 45.3 Å². The second-order valence-electron chi connectivity index (χ2n) is 13.6. The number of ketones is 1. The first-order chi connectivity index (χ1) is 20.3. The van der Waals surface area contributed by atoms with Gasteiger partial charge in [0, 0.05) is 25.2 Å². The van der Waals surface area contributed by atoms with Crippen LogP contribution in [-0.4, -0.2) is 82.6 Å². The molecular formula is C33H53N5O5. The van der Waals surface area contributed by atoms with E-state index in [0.29, 0.717) is 13.0 Å². The number of allylic oxidation sites excluding steroid dienone is 1. The molecule has 3 fully saturated rings. The summed E-state index contributed by atoms with van der Waals surface area (Å²) in [5, 5.41) is 8.41. The first-order valence-electron chi connectivity index (χ1n) is 16.0. The van der Waals surface area contributed by atoms with Gasteiger partial charge in [-0.25, -0.2) is 4.79 Å². The van der Waals surface area contributed by atoms with E-state index in [2.05, 4.69) is 43.0 Å². The Kier molecular flexibility index (Phi) is 11.6. The second-order valence-corrected chi connectivity index (χ2v) is 13.6. The molecule has 10 nitrogen and oxygen atoms in total. The number of nitrogens with one attached hydrogen (secondary N) is 3. The fourth-order valence-electron chi connectivity index (χ4n) is 7.33. The Hall–Kier alpha value is -3.17. The predicted octanol–water partition coefficient (Wildman–Crippen LogP) is 3.57. The van der Waals surface area contributed by atoms with Crippen molar-refractivity contribution in [3.8, 4) is 0 Å². The third-order valence-corrected chi connectivity index (χ3v) is 9.70. The Bertz CT molecular complexity index is 1070. The summed E-state index contributed by atoms with van der Waals surface area (Å²) in [7, 11) is 0. The van der Waals surface area contributed by atoms with E-state index < -0.39 is 35.7 Å². The van der Waals surface area contributed by atoms with Gasteiger partial charge in [0.1, 0.15) is 12.1 Å². The number of piperidine rings is 1. The summed E-state index contributed by atoms with van der Waals surface area (Å²) in [4.78, 5) is 70.8. The number of hydrogen-bond acceptors (Lipinski definition) is 5. The van der Waals surface area contributed by atoms with E-state index in [4.69, 9.17) is 0 Å². The highest BCUT2D eigenvalue weighted by atomic mass is 16.2. The number of carbonyl (C=O) groups is 5. The third kappa shape index (κ3) is 7.68. The maximum absolute atomic E-state index is 14.4. The van der Waals surface area contributed by atoms with Crippen molar-refractivity contribution in [2.75, 3.05) is 13.1 Å². The molecule has 0 bridgehead atoms. The predicted molar refractivity (Wildman–Crippen MR) is 167 cm³/mol.